The lowest BCUT2D eigenvalue weighted by Crippen LogP contribution is -2.30. The number of aryl methyl sites for hydroxylation is 1. The number of nitrogens with zero attached hydrogens (tertiary/aromatic N) is 1. The molecule has 2 heterocycles. The minimum Gasteiger partial charge on any atom is -0.348 e. The van der Waals surface area contributed by atoms with Crippen LogP contribution in [0, 0.1) is 0 Å². The average Bonchev–Trinajstić information content (AvgIpc) is 2.90. The van der Waals surface area contributed by atoms with E-state index < -0.39 is 5.79 Å². The van der Waals surface area contributed by atoms with E-state index in [0.717, 1.165) is 37.3 Å². The molecule has 0 amide bonds. The van der Waals surface area contributed by atoms with Gasteiger partial charge in [0.05, 0.1) is 18.4 Å². The van der Waals surface area contributed by atoms with Crippen molar-refractivity contribution in [3.63, 3.8) is 0 Å². The van der Waals surface area contributed by atoms with Gasteiger partial charge in [0, 0.05) is 19.5 Å². The monoisotopic (exact) mass is 301 g/mol. The number of unbranched alkanes of at least 4 members (excludes halogenated alkanes) is 1. The summed E-state index contributed by atoms with van der Waals surface area (Å²) in [5.41, 5.74) is 0.941. The fourth-order valence-electron chi connectivity index (χ4n) is 2.24. The predicted octanol–water partition coefficient (Wildman–Crippen LogP) is 2.65. The van der Waals surface area contributed by atoms with Gasteiger partial charge in [-0.15, -0.1) is 0 Å². The first kappa shape index (κ1) is 15.8. The molecule has 20 heavy (non-hydrogen) atoms. The molecule has 114 valence electrons. The van der Waals surface area contributed by atoms with Gasteiger partial charge in [-0.05, 0) is 20.3 Å². The van der Waals surface area contributed by atoms with Gasteiger partial charge in [-0.2, -0.15) is 0 Å². The molecule has 2 N–H and O–H groups in total. The summed E-state index contributed by atoms with van der Waals surface area (Å²) < 4.78 is 11.3. The molecule has 0 saturated carbocycles. The third-order valence-electron chi connectivity index (χ3n) is 3.29. The van der Waals surface area contributed by atoms with Gasteiger partial charge in [0.1, 0.15) is 5.82 Å². The van der Waals surface area contributed by atoms with E-state index in [2.05, 4.69) is 22.2 Å². The smallest absolute Gasteiger partial charge is 0.163 e. The first-order valence-electron chi connectivity index (χ1n) is 7.26. The van der Waals surface area contributed by atoms with E-state index in [1.54, 1.807) is 0 Å². The standard InChI is InChI=1S/C14H24ClN3O2/c1-4-5-6-12-17-11(13(15)18-12)8-16-7-10-9-19-14(2,3)20-10/h10,16H,4-9H2,1-3H3,(H,17,18). The van der Waals surface area contributed by atoms with Crippen molar-refractivity contribution in [3.05, 3.63) is 16.7 Å². The van der Waals surface area contributed by atoms with Gasteiger partial charge in [-0.3, -0.25) is 0 Å². The average molecular weight is 302 g/mol. The van der Waals surface area contributed by atoms with E-state index >= 15 is 0 Å². The van der Waals surface area contributed by atoms with Crippen LogP contribution in [0.2, 0.25) is 5.15 Å². The Kier molecular flexibility index (Phi) is 5.43. The molecule has 1 atom stereocenters. The number of rotatable bonds is 7. The van der Waals surface area contributed by atoms with Crippen molar-refractivity contribution < 1.29 is 9.47 Å². The summed E-state index contributed by atoms with van der Waals surface area (Å²) in [7, 11) is 0. The van der Waals surface area contributed by atoms with Crippen LogP contribution in [-0.2, 0) is 22.4 Å². The zero-order valence-corrected chi connectivity index (χ0v) is 13.2. The summed E-state index contributed by atoms with van der Waals surface area (Å²) in [6.07, 6.45) is 3.32. The number of aromatic amines is 1. The van der Waals surface area contributed by atoms with Crippen LogP contribution in [0.4, 0.5) is 0 Å². The summed E-state index contributed by atoms with van der Waals surface area (Å²) in [6, 6.07) is 0. The Balaban J connectivity index is 1.75. The van der Waals surface area contributed by atoms with Crippen molar-refractivity contribution in [2.24, 2.45) is 0 Å². The topological polar surface area (TPSA) is 59.2 Å². The fraction of sp³-hybridized carbons (Fsp3) is 0.786. The maximum absolute atomic E-state index is 6.13. The molecule has 5 nitrogen and oxygen atoms in total. The molecule has 1 aromatic heterocycles. The Morgan fingerprint density at radius 1 is 1.50 bits per heavy atom. The molecule has 1 unspecified atom stereocenters. The molecule has 1 fully saturated rings. The summed E-state index contributed by atoms with van der Waals surface area (Å²) in [4.78, 5) is 7.62. The molecule has 2 rings (SSSR count). The highest BCUT2D eigenvalue weighted by Gasteiger charge is 2.32. The minimum atomic E-state index is -0.467. The lowest BCUT2D eigenvalue weighted by molar-refractivity contribution is -0.137. The zero-order chi connectivity index (χ0) is 14.6. The lowest BCUT2D eigenvalue weighted by atomic mass is 10.2. The van der Waals surface area contributed by atoms with Gasteiger partial charge >= 0.3 is 0 Å². The van der Waals surface area contributed by atoms with E-state index in [1.807, 2.05) is 13.8 Å². The van der Waals surface area contributed by atoms with Crippen LogP contribution in [0.1, 0.15) is 45.1 Å². The molecule has 1 aliphatic heterocycles. The van der Waals surface area contributed by atoms with Gasteiger partial charge in [-0.25, -0.2) is 4.98 Å². The zero-order valence-electron chi connectivity index (χ0n) is 12.5. The molecule has 0 spiro atoms. The Bertz CT molecular complexity index is 434. The predicted molar refractivity (Wildman–Crippen MR) is 78.8 cm³/mol. The van der Waals surface area contributed by atoms with Gasteiger partial charge in [-0.1, -0.05) is 24.9 Å². The summed E-state index contributed by atoms with van der Waals surface area (Å²) in [5, 5.41) is 3.89. The van der Waals surface area contributed by atoms with Crippen LogP contribution < -0.4 is 5.32 Å². The summed E-state index contributed by atoms with van der Waals surface area (Å²) >= 11 is 6.13. The van der Waals surface area contributed by atoms with Crippen LogP contribution in [0.15, 0.2) is 0 Å². The highest BCUT2D eigenvalue weighted by Crippen LogP contribution is 2.21. The van der Waals surface area contributed by atoms with Crippen LogP contribution >= 0.6 is 11.6 Å². The van der Waals surface area contributed by atoms with E-state index in [4.69, 9.17) is 21.1 Å². The van der Waals surface area contributed by atoms with Crippen molar-refractivity contribution in [3.8, 4) is 0 Å². The minimum absolute atomic E-state index is 0.0891. The van der Waals surface area contributed by atoms with Crippen LogP contribution in [-0.4, -0.2) is 35.0 Å². The normalized spacial score (nSPS) is 21.5. The van der Waals surface area contributed by atoms with E-state index in [1.165, 1.54) is 0 Å². The third-order valence-corrected chi connectivity index (χ3v) is 3.60. The van der Waals surface area contributed by atoms with Gasteiger partial charge in [0.15, 0.2) is 10.9 Å². The number of hydrogen-bond donors (Lipinski definition) is 2. The number of aromatic nitrogens is 2. The van der Waals surface area contributed by atoms with Crippen molar-refractivity contribution in [2.75, 3.05) is 13.2 Å². The molecular weight excluding hydrogens is 278 g/mol. The molecular formula is C14H24ClN3O2. The Labute approximate surface area is 125 Å². The second-order valence-electron chi connectivity index (χ2n) is 5.64. The quantitative estimate of drug-likeness (QED) is 0.813. The summed E-state index contributed by atoms with van der Waals surface area (Å²) in [6.45, 7) is 8.05. The second kappa shape index (κ2) is 6.89. The molecule has 6 heteroatoms. The van der Waals surface area contributed by atoms with Gasteiger partial charge in [0.2, 0.25) is 0 Å². The van der Waals surface area contributed by atoms with Crippen LogP contribution in [0.25, 0.3) is 0 Å². The Hall–Kier alpha value is -0.620. The number of hydrogen-bond acceptors (Lipinski definition) is 4. The van der Waals surface area contributed by atoms with Crippen molar-refractivity contribution in [1.82, 2.24) is 15.3 Å². The number of imidazole rings is 1. The maximum atomic E-state index is 6.13. The Morgan fingerprint density at radius 2 is 2.30 bits per heavy atom. The first-order chi connectivity index (χ1) is 9.50. The molecule has 0 radical (unpaired) electrons. The molecule has 0 aromatic carbocycles. The van der Waals surface area contributed by atoms with Crippen LogP contribution in [0.5, 0.6) is 0 Å². The molecule has 1 aromatic rings. The van der Waals surface area contributed by atoms with Crippen LogP contribution in [0.3, 0.4) is 0 Å². The van der Waals surface area contributed by atoms with E-state index in [9.17, 15) is 0 Å². The first-order valence-corrected chi connectivity index (χ1v) is 7.63. The maximum Gasteiger partial charge on any atom is 0.163 e. The number of H-pyrrole nitrogens is 1. The number of nitrogens with one attached hydrogen (secondary N) is 2. The second-order valence-corrected chi connectivity index (χ2v) is 6.00. The molecule has 1 saturated heterocycles. The molecule has 1 aliphatic rings. The Morgan fingerprint density at radius 3 is 2.95 bits per heavy atom. The molecule has 0 bridgehead atoms. The fourth-order valence-corrected chi connectivity index (χ4v) is 2.46. The van der Waals surface area contributed by atoms with E-state index in [-0.39, 0.29) is 6.10 Å². The third kappa shape index (κ3) is 4.45. The largest absolute Gasteiger partial charge is 0.348 e. The molecule has 0 aliphatic carbocycles. The number of halogens is 1. The SMILES string of the molecule is CCCCc1nc(Cl)c(CNCC2COC(C)(C)O2)[nH]1. The highest BCUT2D eigenvalue weighted by molar-refractivity contribution is 6.30. The lowest BCUT2D eigenvalue weighted by Gasteiger charge is -2.17. The number of ether oxygens (including phenoxy) is 2. The highest BCUT2D eigenvalue weighted by atomic mass is 35.5. The van der Waals surface area contributed by atoms with Gasteiger partial charge < -0.3 is 19.8 Å². The van der Waals surface area contributed by atoms with Crippen molar-refractivity contribution in [2.45, 2.75) is 58.5 Å². The van der Waals surface area contributed by atoms with Gasteiger partial charge in [0.25, 0.3) is 0 Å². The van der Waals surface area contributed by atoms with E-state index in [0.29, 0.717) is 18.3 Å². The van der Waals surface area contributed by atoms with Crippen molar-refractivity contribution >= 4 is 11.6 Å². The van der Waals surface area contributed by atoms with Crippen molar-refractivity contribution in [1.29, 1.82) is 0 Å². The summed E-state index contributed by atoms with van der Waals surface area (Å²) in [5.74, 6) is 0.501.